The second kappa shape index (κ2) is 5.71. The Bertz CT molecular complexity index is 486. The minimum atomic E-state index is -1.06. The largest absolute Gasteiger partial charge is 0.478 e. The lowest BCUT2D eigenvalue weighted by Gasteiger charge is -2.09. The molecule has 4 heteroatoms. The molecule has 2 N–H and O–H groups in total. The molecule has 0 saturated carbocycles. The molecule has 0 saturated heterocycles. The third kappa shape index (κ3) is 3.35. The van der Waals surface area contributed by atoms with Gasteiger partial charge in [0.2, 0.25) is 5.91 Å². The zero-order chi connectivity index (χ0) is 12.8. The molecule has 0 aliphatic heterocycles. The number of hydrogen-bond donors (Lipinski definition) is 2. The highest BCUT2D eigenvalue weighted by atomic mass is 16.4. The highest BCUT2D eigenvalue weighted by Crippen LogP contribution is 2.19. The molecular formula is C13H13NO3. The molecule has 0 unspecified atom stereocenters. The maximum atomic E-state index is 11.5. The SMILES string of the molecule is C#CCCC(=O)Nc1cccc(C)c1C(=O)O. The molecule has 0 bridgehead atoms. The summed E-state index contributed by atoms with van der Waals surface area (Å²) >= 11 is 0. The van der Waals surface area contributed by atoms with Gasteiger partial charge >= 0.3 is 5.97 Å². The van der Waals surface area contributed by atoms with Crippen LogP contribution in [0.25, 0.3) is 0 Å². The number of benzene rings is 1. The summed E-state index contributed by atoms with van der Waals surface area (Å²) in [5.41, 5.74) is 1.02. The second-order valence-electron chi connectivity index (χ2n) is 3.55. The lowest BCUT2D eigenvalue weighted by molar-refractivity contribution is -0.116. The smallest absolute Gasteiger partial charge is 0.338 e. The molecule has 1 rings (SSSR count). The number of hydrogen-bond acceptors (Lipinski definition) is 2. The van der Waals surface area contributed by atoms with Crippen molar-refractivity contribution < 1.29 is 14.7 Å². The van der Waals surface area contributed by atoms with Crippen LogP contribution in [0.4, 0.5) is 5.69 Å². The van der Waals surface area contributed by atoms with Crippen molar-refractivity contribution in [2.45, 2.75) is 19.8 Å². The molecule has 0 atom stereocenters. The van der Waals surface area contributed by atoms with Crippen molar-refractivity contribution in [1.29, 1.82) is 0 Å². The second-order valence-corrected chi connectivity index (χ2v) is 3.55. The number of rotatable bonds is 4. The molecule has 4 nitrogen and oxygen atoms in total. The molecule has 88 valence electrons. The van der Waals surface area contributed by atoms with Crippen LogP contribution in [0, 0.1) is 19.3 Å². The summed E-state index contributed by atoms with van der Waals surface area (Å²) in [7, 11) is 0. The summed E-state index contributed by atoms with van der Waals surface area (Å²) in [6.07, 6.45) is 5.57. The molecule has 0 aliphatic rings. The van der Waals surface area contributed by atoms with Crippen molar-refractivity contribution in [3.05, 3.63) is 29.3 Å². The quantitative estimate of drug-likeness (QED) is 0.779. The first kappa shape index (κ1) is 12.8. The molecule has 0 radical (unpaired) electrons. The highest BCUT2D eigenvalue weighted by molar-refractivity contribution is 6.01. The van der Waals surface area contributed by atoms with Gasteiger partial charge in [-0.2, -0.15) is 0 Å². The van der Waals surface area contributed by atoms with Crippen LogP contribution in [-0.2, 0) is 4.79 Å². The molecule has 1 aromatic rings. The van der Waals surface area contributed by atoms with Crippen LogP contribution in [0.15, 0.2) is 18.2 Å². The van der Waals surface area contributed by atoms with Crippen molar-refractivity contribution in [3.63, 3.8) is 0 Å². The van der Waals surface area contributed by atoms with Crippen LogP contribution in [0.1, 0.15) is 28.8 Å². The number of aryl methyl sites for hydroxylation is 1. The highest BCUT2D eigenvalue weighted by Gasteiger charge is 2.14. The first-order valence-corrected chi connectivity index (χ1v) is 5.12. The van der Waals surface area contributed by atoms with Crippen molar-refractivity contribution in [2.75, 3.05) is 5.32 Å². The summed E-state index contributed by atoms with van der Waals surface area (Å²) in [4.78, 5) is 22.5. The van der Waals surface area contributed by atoms with Gasteiger partial charge < -0.3 is 10.4 Å². The number of carboxylic acids is 1. The average Bonchev–Trinajstić information content (AvgIpc) is 2.25. The topological polar surface area (TPSA) is 66.4 Å². The van der Waals surface area contributed by atoms with E-state index in [-0.39, 0.29) is 17.9 Å². The van der Waals surface area contributed by atoms with Gasteiger partial charge in [-0.25, -0.2) is 4.79 Å². The minimum absolute atomic E-state index is 0.113. The van der Waals surface area contributed by atoms with Gasteiger partial charge in [-0.1, -0.05) is 12.1 Å². The van der Waals surface area contributed by atoms with E-state index in [4.69, 9.17) is 11.5 Å². The number of carbonyl (C=O) groups excluding carboxylic acids is 1. The Kier molecular flexibility index (Phi) is 4.29. The van der Waals surface area contributed by atoms with Gasteiger partial charge in [-0.3, -0.25) is 4.79 Å². The van der Waals surface area contributed by atoms with Crippen LogP contribution in [-0.4, -0.2) is 17.0 Å². The van der Waals surface area contributed by atoms with E-state index in [9.17, 15) is 9.59 Å². The van der Waals surface area contributed by atoms with E-state index >= 15 is 0 Å². The van der Waals surface area contributed by atoms with Gasteiger partial charge in [0.25, 0.3) is 0 Å². The molecule has 17 heavy (non-hydrogen) atoms. The molecule has 1 aromatic carbocycles. The predicted molar refractivity (Wildman–Crippen MR) is 64.8 cm³/mol. The van der Waals surface area contributed by atoms with E-state index in [0.29, 0.717) is 17.7 Å². The van der Waals surface area contributed by atoms with E-state index in [2.05, 4.69) is 11.2 Å². The maximum Gasteiger partial charge on any atom is 0.338 e. The maximum absolute atomic E-state index is 11.5. The molecular weight excluding hydrogens is 218 g/mol. The third-order valence-corrected chi connectivity index (χ3v) is 2.26. The van der Waals surface area contributed by atoms with Crippen molar-refractivity contribution in [2.24, 2.45) is 0 Å². The Balaban J connectivity index is 2.92. The number of anilines is 1. The fraction of sp³-hybridized carbons (Fsp3) is 0.231. The van der Waals surface area contributed by atoms with Crippen LogP contribution >= 0.6 is 0 Å². The Morgan fingerprint density at radius 1 is 1.47 bits per heavy atom. The summed E-state index contributed by atoms with van der Waals surface area (Å²) in [5, 5.41) is 11.6. The Labute approximate surface area is 99.7 Å². The van der Waals surface area contributed by atoms with Gasteiger partial charge in [0.15, 0.2) is 0 Å². The third-order valence-electron chi connectivity index (χ3n) is 2.26. The zero-order valence-corrected chi connectivity index (χ0v) is 9.49. The van der Waals surface area contributed by atoms with E-state index in [0.717, 1.165) is 0 Å². The summed E-state index contributed by atoms with van der Waals surface area (Å²) in [6, 6.07) is 4.93. The molecule has 0 aromatic heterocycles. The number of carbonyl (C=O) groups is 2. The number of carboxylic acid groups (broad SMARTS) is 1. The number of amides is 1. The Morgan fingerprint density at radius 3 is 2.76 bits per heavy atom. The van der Waals surface area contributed by atoms with Gasteiger partial charge in [0, 0.05) is 12.8 Å². The minimum Gasteiger partial charge on any atom is -0.478 e. The van der Waals surface area contributed by atoms with E-state index in [1.54, 1.807) is 25.1 Å². The summed E-state index contributed by atoms with van der Waals surface area (Å²) in [5.74, 6) is 1.01. The molecule has 1 amide bonds. The zero-order valence-electron chi connectivity index (χ0n) is 9.49. The van der Waals surface area contributed by atoms with Gasteiger partial charge in [-0.15, -0.1) is 12.3 Å². The van der Waals surface area contributed by atoms with Crippen molar-refractivity contribution in [3.8, 4) is 12.3 Å². The number of nitrogens with one attached hydrogen (secondary N) is 1. The van der Waals surface area contributed by atoms with Gasteiger partial charge in [0.1, 0.15) is 0 Å². The average molecular weight is 231 g/mol. The molecule has 0 heterocycles. The van der Waals surface area contributed by atoms with Crippen LogP contribution in [0.3, 0.4) is 0 Å². The predicted octanol–water partition coefficient (Wildman–Crippen LogP) is 2.05. The van der Waals surface area contributed by atoms with Crippen molar-refractivity contribution >= 4 is 17.6 Å². The first-order valence-electron chi connectivity index (χ1n) is 5.12. The number of aromatic carboxylic acids is 1. The summed E-state index contributed by atoms with van der Waals surface area (Å²) in [6.45, 7) is 1.68. The fourth-order valence-corrected chi connectivity index (χ4v) is 1.45. The van der Waals surface area contributed by atoms with Crippen LogP contribution in [0.2, 0.25) is 0 Å². The lowest BCUT2D eigenvalue weighted by atomic mass is 10.1. The van der Waals surface area contributed by atoms with E-state index in [1.807, 2.05) is 0 Å². The van der Waals surface area contributed by atoms with Crippen LogP contribution in [0.5, 0.6) is 0 Å². The Hall–Kier alpha value is -2.28. The first-order chi connectivity index (χ1) is 8.06. The standard InChI is InChI=1S/C13H13NO3/c1-3-4-8-11(15)14-10-7-5-6-9(2)12(10)13(16)17/h1,5-7H,4,8H2,2H3,(H,14,15)(H,16,17). The van der Waals surface area contributed by atoms with Crippen molar-refractivity contribution in [1.82, 2.24) is 0 Å². The number of terminal acetylenes is 1. The van der Waals surface area contributed by atoms with E-state index in [1.165, 1.54) is 0 Å². The molecule has 0 spiro atoms. The fourth-order valence-electron chi connectivity index (χ4n) is 1.45. The van der Waals surface area contributed by atoms with Crippen LogP contribution < -0.4 is 5.32 Å². The van der Waals surface area contributed by atoms with Gasteiger partial charge in [0.05, 0.1) is 11.3 Å². The Morgan fingerprint density at radius 2 is 2.18 bits per heavy atom. The summed E-state index contributed by atoms with van der Waals surface area (Å²) < 4.78 is 0. The van der Waals surface area contributed by atoms with E-state index < -0.39 is 5.97 Å². The molecule has 0 fully saturated rings. The normalized spacial score (nSPS) is 9.41. The lowest BCUT2D eigenvalue weighted by Crippen LogP contribution is -2.14. The molecule has 0 aliphatic carbocycles. The van der Waals surface area contributed by atoms with Gasteiger partial charge in [-0.05, 0) is 18.6 Å². The monoisotopic (exact) mass is 231 g/mol.